The van der Waals surface area contributed by atoms with E-state index in [1.807, 2.05) is 13.8 Å². The molecule has 1 aromatic carbocycles. The van der Waals surface area contributed by atoms with Gasteiger partial charge in [-0.3, -0.25) is 4.79 Å². The molecule has 0 spiro atoms. The lowest BCUT2D eigenvalue weighted by molar-refractivity contribution is -0.124. The van der Waals surface area contributed by atoms with Crippen molar-refractivity contribution in [1.29, 1.82) is 0 Å². The molecular weight excluding hydrogens is 356 g/mol. The molecule has 2 N–H and O–H groups in total. The Morgan fingerprint density at radius 3 is 2.86 bits per heavy atom. The molecule has 1 fully saturated rings. The van der Waals surface area contributed by atoms with E-state index in [1.165, 1.54) is 0 Å². The van der Waals surface area contributed by atoms with E-state index in [9.17, 15) is 4.79 Å². The highest BCUT2D eigenvalue weighted by atomic mass is 79.9. The molecule has 1 aromatic rings. The quantitative estimate of drug-likeness (QED) is 0.822. The molecule has 0 bridgehead atoms. The van der Waals surface area contributed by atoms with Crippen molar-refractivity contribution in [1.82, 2.24) is 5.32 Å². The summed E-state index contributed by atoms with van der Waals surface area (Å²) < 4.78 is 6.36. The number of ether oxygens (including phenoxy) is 1. The van der Waals surface area contributed by atoms with Gasteiger partial charge < -0.3 is 15.4 Å². The zero-order valence-corrected chi connectivity index (χ0v) is 14.6. The van der Waals surface area contributed by atoms with E-state index in [2.05, 4.69) is 26.6 Å². The second kappa shape index (κ2) is 6.99. The first-order valence-electron chi connectivity index (χ1n) is 7.16. The summed E-state index contributed by atoms with van der Waals surface area (Å²) in [4.78, 5) is 12.7. The topological polar surface area (TPSA) is 50.4 Å². The highest BCUT2D eigenvalue weighted by molar-refractivity contribution is 9.10. The lowest BCUT2D eigenvalue weighted by Gasteiger charge is -2.26. The number of carbonyl (C=O) groups excluding carboxylic acids is 1. The number of hydrogen-bond donors (Lipinski definition) is 2. The van der Waals surface area contributed by atoms with Gasteiger partial charge in [0.25, 0.3) is 0 Å². The normalized spacial score (nSPS) is 21.3. The van der Waals surface area contributed by atoms with Crippen molar-refractivity contribution in [3.05, 3.63) is 21.6 Å². The third-order valence-corrected chi connectivity index (χ3v) is 4.75. The van der Waals surface area contributed by atoms with Gasteiger partial charge in [0.05, 0.1) is 22.2 Å². The highest BCUT2D eigenvalue weighted by Crippen LogP contribution is 2.38. The minimum Gasteiger partial charge on any atom is -0.491 e. The molecule has 116 valence electrons. The van der Waals surface area contributed by atoms with Crippen molar-refractivity contribution in [2.75, 3.05) is 25.0 Å². The Kier molecular flexibility index (Phi) is 5.52. The molecule has 0 saturated carbocycles. The van der Waals surface area contributed by atoms with Gasteiger partial charge in [-0.15, -0.1) is 0 Å². The Bertz CT molecular complexity index is 531. The van der Waals surface area contributed by atoms with Gasteiger partial charge in [-0.1, -0.05) is 18.5 Å². The summed E-state index contributed by atoms with van der Waals surface area (Å²) >= 11 is 9.51. The second-order valence-corrected chi connectivity index (χ2v) is 6.50. The molecule has 0 radical (unpaired) electrons. The van der Waals surface area contributed by atoms with Crippen LogP contribution in [0.25, 0.3) is 0 Å². The number of rotatable bonds is 5. The van der Waals surface area contributed by atoms with Crippen LogP contribution in [0, 0.1) is 5.41 Å². The molecule has 1 amide bonds. The lowest BCUT2D eigenvalue weighted by atomic mass is 9.83. The molecule has 21 heavy (non-hydrogen) atoms. The number of carbonyl (C=O) groups is 1. The van der Waals surface area contributed by atoms with Crippen LogP contribution < -0.4 is 15.4 Å². The largest absolute Gasteiger partial charge is 0.491 e. The molecule has 1 atom stereocenters. The summed E-state index contributed by atoms with van der Waals surface area (Å²) in [6.45, 7) is 6.05. The SMILES string of the molecule is CCOc1c(Br)cc(Cl)cc1NC(=O)C1(CC)CCNC1. The molecule has 1 saturated heterocycles. The van der Waals surface area contributed by atoms with E-state index >= 15 is 0 Å². The monoisotopic (exact) mass is 374 g/mol. The zero-order valence-electron chi connectivity index (χ0n) is 12.3. The van der Waals surface area contributed by atoms with E-state index in [1.54, 1.807) is 12.1 Å². The van der Waals surface area contributed by atoms with Gasteiger partial charge in [0, 0.05) is 11.6 Å². The smallest absolute Gasteiger partial charge is 0.232 e. The third-order valence-electron chi connectivity index (χ3n) is 3.95. The number of anilines is 1. The van der Waals surface area contributed by atoms with Gasteiger partial charge in [-0.05, 0) is 54.4 Å². The minimum absolute atomic E-state index is 0.0186. The Morgan fingerprint density at radius 1 is 1.52 bits per heavy atom. The van der Waals surface area contributed by atoms with Crippen LogP contribution in [0.15, 0.2) is 16.6 Å². The number of halogens is 2. The maximum atomic E-state index is 12.7. The summed E-state index contributed by atoms with van der Waals surface area (Å²) in [5.41, 5.74) is 0.263. The van der Waals surface area contributed by atoms with Gasteiger partial charge in [-0.2, -0.15) is 0 Å². The molecule has 2 rings (SSSR count). The van der Waals surface area contributed by atoms with Crippen molar-refractivity contribution in [2.45, 2.75) is 26.7 Å². The first-order valence-corrected chi connectivity index (χ1v) is 8.33. The van der Waals surface area contributed by atoms with E-state index in [-0.39, 0.29) is 11.3 Å². The molecule has 1 aliphatic heterocycles. The fourth-order valence-electron chi connectivity index (χ4n) is 2.60. The maximum Gasteiger partial charge on any atom is 0.232 e. The molecule has 6 heteroatoms. The van der Waals surface area contributed by atoms with Crippen LogP contribution >= 0.6 is 27.5 Å². The summed E-state index contributed by atoms with van der Waals surface area (Å²) in [6.07, 6.45) is 1.65. The lowest BCUT2D eigenvalue weighted by Crippen LogP contribution is -2.37. The van der Waals surface area contributed by atoms with Gasteiger partial charge in [0.1, 0.15) is 0 Å². The average Bonchev–Trinajstić information content (AvgIpc) is 2.92. The Hall–Kier alpha value is -0.780. The van der Waals surface area contributed by atoms with E-state index in [0.717, 1.165) is 23.9 Å². The van der Waals surface area contributed by atoms with Crippen LogP contribution in [0.3, 0.4) is 0 Å². The van der Waals surface area contributed by atoms with Crippen molar-refractivity contribution in [3.63, 3.8) is 0 Å². The van der Waals surface area contributed by atoms with Crippen molar-refractivity contribution in [2.24, 2.45) is 5.41 Å². The second-order valence-electron chi connectivity index (χ2n) is 5.21. The van der Waals surface area contributed by atoms with Crippen LogP contribution in [-0.4, -0.2) is 25.6 Å². The standard InChI is InChI=1S/C15H20BrClN2O2/c1-3-15(5-6-18-9-15)14(20)19-12-8-10(17)7-11(16)13(12)21-4-2/h7-8,18H,3-6,9H2,1-2H3,(H,19,20). The van der Waals surface area contributed by atoms with Crippen molar-refractivity contribution >= 4 is 39.1 Å². The summed E-state index contributed by atoms with van der Waals surface area (Å²) in [5, 5.41) is 6.81. The van der Waals surface area contributed by atoms with Gasteiger partial charge in [0.2, 0.25) is 5.91 Å². The molecule has 1 unspecified atom stereocenters. The summed E-state index contributed by atoms with van der Waals surface area (Å²) in [5.74, 6) is 0.637. The molecule has 4 nitrogen and oxygen atoms in total. The molecule has 0 aliphatic carbocycles. The van der Waals surface area contributed by atoms with E-state index in [0.29, 0.717) is 29.6 Å². The van der Waals surface area contributed by atoms with Crippen molar-refractivity contribution in [3.8, 4) is 5.75 Å². The fourth-order valence-corrected chi connectivity index (χ4v) is 3.52. The first kappa shape index (κ1) is 16.6. The Morgan fingerprint density at radius 2 is 2.29 bits per heavy atom. The highest BCUT2D eigenvalue weighted by Gasteiger charge is 2.39. The predicted octanol–water partition coefficient (Wildman–Crippen LogP) is 3.83. The Labute approximate surface area is 138 Å². The minimum atomic E-state index is -0.349. The average molecular weight is 376 g/mol. The number of benzene rings is 1. The Balaban J connectivity index is 2.28. The van der Waals surface area contributed by atoms with Crippen LogP contribution in [0.4, 0.5) is 5.69 Å². The predicted molar refractivity (Wildman–Crippen MR) is 89.2 cm³/mol. The molecule has 0 aromatic heterocycles. The number of amides is 1. The zero-order chi connectivity index (χ0) is 15.5. The van der Waals surface area contributed by atoms with Gasteiger partial charge >= 0.3 is 0 Å². The van der Waals surface area contributed by atoms with E-state index < -0.39 is 0 Å². The molecular formula is C15H20BrClN2O2. The third kappa shape index (κ3) is 3.52. The number of nitrogens with one attached hydrogen (secondary N) is 2. The molecule has 1 aliphatic rings. The van der Waals surface area contributed by atoms with Crippen LogP contribution in [0.5, 0.6) is 5.75 Å². The van der Waals surface area contributed by atoms with Crippen LogP contribution in [-0.2, 0) is 4.79 Å². The maximum absolute atomic E-state index is 12.7. The number of hydrogen-bond acceptors (Lipinski definition) is 3. The van der Waals surface area contributed by atoms with Gasteiger partial charge in [0.15, 0.2) is 5.75 Å². The van der Waals surface area contributed by atoms with Crippen LogP contribution in [0.1, 0.15) is 26.7 Å². The fraction of sp³-hybridized carbons (Fsp3) is 0.533. The van der Waals surface area contributed by atoms with Crippen molar-refractivity contribution < 1.29 is 9.53 Å². The van der Waals surface area contributed by atoms with E-state index in [4.69, 9.17) is 16.3 Å². The molecule has 1 heterocycles. The van der Waals surface area contributed by atoms with Crippen LogP contribution in [0.2, 0.25) is 5.02 Å². The van der Waals surface area contributed by atoms with Gasteiger partial charge in [-0.25, -0.2) is 0 Å². The first-order chi connectivity index (χ1) is 10.0. The summed E-state index contributed by atoms with van der Waals surface area (Å²) in [6, 6.07) is 3.48. The summed E-state index contributed by atoms with van der Waals surface area (Å²) in [7, 11) is 0.